The van der Waals surface area contributed by atoms with Crippen molar-refractivity contribution in [2.75, 3.05) is 24.7 Å². The fraction of sp³-hybridized carbons (Fsp3) is 0.185. The first-order valence-corrected chi connectivity index (χ1v) is 11.0. The molecule has 1 heterocycles. The average Bonchev–Trinajstić information content (AvgIpc) is 2.84. The van der Waals surface area contributed by atoms with Gasteiger partial charge in [0.15, 0.2) is 0 Å². The predicted molar refractivity (Wildman–Crippen MR) is 131 cm³/mol. The van der Waals surface area contributed by atoms with Crippen molar-refractivity contribution in [3.63, 3.8) is 0 Å². The van der Waals surface area contributed by atoms with E-state index in [4.69, 9.17) is 10.5 Å². The minimum Gasteiger partial charge on any atom is -0.497 e. The summed E-state index contributed by atoms with van der Waals surface area (Å²) in [5.74, 6) is -0.00888. The number of methoxy groups -OCH3 is 1. The number of carbonyl (C=O) groups is 2. The molecule has 0 saturated carbocycles. The summed E-state index contributed by atoms with van der Waals surface area (Å²) in [7, 11) is 1.62. The Labute approximate surface area is 197 Å². The van der Waals surface area contributed by atoms with Crippen molar-refractivity contribution in [2.24, 2.45) is 0 Å². The second-order valence-electron chi connectivity index (χ2n) is 8.16. The number of rotatable bonds is 6. The molecule has 7 heteroatoms. The van der Waals surface area contributed by atoms with Crippen LogP contribution in [0.4, 0.5) is 15.8 Å². The van der Waals surface area contributed by atoms with Crippen LogP contribution in [-0.4, -0.2) is 30.4 Å². The van der Waals surface area contributed by atoms with Crippen LogP contribution in [0.2, 0.25) is 0 Å². The number of amides is 2. The van der Waals surface area contributed by atoms with Crippen LogP contribution in [0, 0.1) is 5.82 Å². The fourth-order valence-corrected chi connectivity index (χ4v) is 3.88. The molecule has 3 N–H and O–H groups in total. The standard InChI is InChI=1S/C27H26FN3O3/c1-34-23-11-6-18(7-12-23)15-21-3-2-14-31(27(21)33)17-19-4-8-20(9-5-19)26(32)30-25-13-10-22(28)16-24(25)29/h4-13,15-16H,2-3,14,17,29H2,1H3,(H,30,32)/b21-15+. The molecule has 0 bridgehead atoms. The van der Waals surface area contributed by atoms with Crippen LogP contribution in [0.1, 0.15) is 34.3 Å². The van der Waals surface area contributed by atoms with Crippen molar-refractivity contribution in [3.8, 4) is 5.75 Å². The Morgan fingerprint density at radius 1 is 1.12 bits per heavy atom. The second-order valence-corrected chi connectivity index (χ2v) is 8.16. The minimum absolute atomic E-state index is 0.0238. The number of nitrogens with one attached hydrogen (secondary N) is 1. The molecule has 1 aliphatic heterocycles. The zero-order valence-electron chi connectivity index (χ0n) is 18.9. The number of nitrogen functional groups attached to an aromatic ring is 1. The Hall–Kier alpha value is -4.13. The summed E-state index contributed by atoms with van der Waals surface area (Å²) in [6, 6.07) is 18.5. The maximum absolute atomic E-state index is 13.2. The van der Waals surface area contributed by atoms with Gasteiger partial charge in [-0.2, -0.15) is 0 Å². The number of anilines is 2. The number of likely N-dealkylation sites (tertiary alicyclic amines) is 1. The lowest BCUT2D eigenvalue weighted by Crippen LogP contribution is -2.36. The van der Waals surface area contributed by atoms with E-state index in [0.29, 0.717) is 24.3 Å². The van der Waals surface area contributed by atoms with Gasteiger partial charge in [-0.25, -0.2) is 4.39 Å². The Kier molecular flexibility index (Phi) is 6.92. The third-order valence-electron chi connectivity index (χ3n) is 5.74. The lowest BCUT2D eigenvalue weighted by atomic mass is 10.00. The van der Waals surface area contributed by atoms with Crippen molar-refractivity contribution in [3.05, 3.63) is 94.8 Å². The lowest BCUT2D eigenvalue weighted by Gasteiger charge is -2.28. The van der Waals surface area contributed by atoms with Crippen LogP contribution >= 0.6 is 0 Å². The highest BCUT2D eigenvalue weighted by molar-refractivity contribution is 6.05. The number of hydrogen-bond donors (Lipinski definition) is 2. The minimum atomic E-state index is -0.464. The van der Waals surface area contributed by atoms with E-state index in [-0.39, 0.29) is 17.5 Å². The molecule has 3 aromatic rings. The van der Waals surface area contributed by atoms with Crippen LogP contribution < -0.4 is 15.8 Å². The number of halogens is 1. The van der Waals surface area contributed by atoms with Gasteiger partial charge in [0, 0.05) is 24.2 Å². The third-order valence-corrected chi connectivity index (χ3v) is 5.74. The van der Waals surface area contributed by atoms with Gasteiger partial charge >= 0.3 is 0 Å². The third kappa shape index (κ3) is 5.43. The van der Waals surface area contributed by atoms with E-state index in [0.717, 1.165) is 41.4 Å². The molecule has 1 fully saturated rings. The number of ether oxygens (including phenoxy) is 1. The maximum Gasteiger partial charge on any atom is 0.255 e. The average molecular weight is 460 g/mol. The van der Waals surface area contributed by atoms with Gasteiger partial charge in [-0.3, -0.25) is 9.59 Å². The van der Waals surface area contributed by atoms with E-state index in [1.807, 2.05) is 47.4 Å². The van der Waals surface area contributed by atoms with Crippen molar-refractivity contribution >= 4 is 29.3 Å². The van der Waals surface area contributed by atoms with Gasteiger partial charge in [0.05, 0.1) is 18.5 Å². The molecule has 174 valence electrons. The maximum atomic E-state index is 13.2. The molecule has 0 aromatic heterocycles. The number of nitrogens with two attached hydrogens (primary N) is 1. The van der Waals surface area contributed by atoms with E-state index in [1.165, 1.54) is 12.1 Å². The molecular formula is C27H26FN3O3. The van der Waals surface area contributed by atoms with Crippen LogP contribution in [0.5, 0.6) is 5.75 Å². The summed E-state index contributed by atoms with van der Waals surface area (Å²) < 4.78 is 18.4. The van der Waals surface area contributed by atoms with Gasteiger partial charge in [-0.15, -0.1) is 0 Å². The topological polar surface area (TPSA) is 84.7 Å². The molecule has 0 atom stereocenters. The predicted octanol–water partition coefficient (Wildman–Crippen LogP) is 4.87. The summed E-state index contributed by atoms with van der Waals surface area (Å²) in [6.07, 6.45) is 3.57. The quantitative estimate of drug-likeness (QED) is 0.407. The first-order valence-electron chi connectivity index (χ1n) is 11.0. The molecule has 34 heavy (non-hydrogen) atoms. The molecule has 0 radical (unpaired) electrons. The van der Waals surface area contributed by atoms with Gasteiger partial charge in [-0.05, 0) is 72.5 Å². The molecule has 3 aromatic carbocycles. The summed E-state index contributed by atoms with van der Waals surface area (Å²) in [6.45, 7) is 1.15. The van der Waals surface area contributed by atoms with Gasteiger partial charge < -0.3 is 20.7 Å². The highest BCUT2D eigenvalue weighted by atomic mass is 19.1. The van der Waals surface area contributed by atoms with E-state index in [1.54, 1.807) is 19.2 Å². The van der Waals surface area contributed by atoms with Crippen molar-refractivity contribution in [2.45, 2.75) is 19.4 Å². The Bertz CT molecular complexity index is 1220. The molecular weight excluding hydrogens is 433 g/mol. The molecule has 4 rings (SSSR count). The molecule has 0 unspecified atom stereocenters. The second kappa shape index (κ2) is 10.2. The van der Waals surface area contributed by atoms with Gasteiger partial charge in [0.25, 0.3) is 5.91 Å². The van der Waals surface area contributed by atoms with E-state index in [2.05, 4.69) is 5.32 Å². The van der Waals surface area contributed by atoms with Crippen molar-refractivity contribution in [1.29, 1.82) is 0 Å². The highest BCUT2D eigenvalue weighted by Crippen LogP contribution is 2.24. The zero-order valence-corrected chi connectivity index (χ0v) is 18.9. The fourth-order valence-electron chi connectivity index (χ4n) is 3.88. The van der Waals surface area contributed by atoms with Crippen molar-refractivity contribution < 1.29 is 18.7 Å². The Morgan fingerprint density at radius 2 is 1.85 bits per heavy atom. The van der Waals surface area contributed by atoms with Crippen LogP contribution in [0.15, 0.2) is 72.3 Å². The Balaban J connectivity index is 1.40. The number of hydrogen-bond acceptors (Lipinski definition) is 4. The van der Waals surface area contributed by atoms with Crippen LogP contribution in [-0.2, 0) is 11.3 Å². The molecule has 1 aliphatic rings. The molecule has 0 aliphatic carbocycles. The lowest BCUT2D eigenvalue weighted by molar-refractivity contribution is -0.129. The summed E-state index contributed by atoms with van der Waals surface area (Å²) in [5.41, 5.74) is 9.38. The van der Waals surface area contributed by atoms with E-state index < -0.39 is 5.82 Å². The molecule has 6 nitrogen and oxygen atoms in total. The molecule has 2 amide bonds. The first-order chi connectivity index (χ1) is 16.4. The molecule has 1 saturated heterocycles. The highest BCUT2D eigenvalue weighted by Gasteiger charge is 2.23. The smallest absolute Gasteiger partial charge is 0.255 e. The summed E-state index contributed by atoms with van der Waals surface area (Å²) >= 11 is 0. The molecule has 0 spiro atoms. The summed E-state index contributed by atoms with van der Waals surface area (Å²) in [4.78, 5) is 27.4. The number of piperidine rings is 1. The van der Waals surface area contributed by atoms with E-state index in [9.17, 15) is 14.0 Å². The van der Waals surface area contributed by atoms with E-state index >= 15 is 0 Å². The monoisotopic (exact) mass is 459 g/mol. The van der Waals surface area contributed by atoms with Crippen LogP contribution in [0.25, 0.3) is 6.08 Å². The zero-order chi connectivity index (χ0) is 24.1. The number of carbonyl (C=O) groups excluding carboxylic acids is 2. The number of benzene rings is 3. The van der Waals surface area contributed by atoms with Gasteiger partial charge in [-0.1, -0.05) is 24.3 Å². The SMILES string of the molecule is COc1ccc(/C=C2\CCCN(Cc3ccc(C(=O)Nc4ccc(F)cc4N)cc3)C2=O)cc1. The Morgan fingerprint density at radius 3 is 2.53 bits per heavy atom. The first kappa shape index (κ1) is 23.0. The normalized spacial score (nSPS) is 14.8. The number of nitrogens with zero attached hydrogens (tertiary/aromatic N) is 1. The van der Waals surface area contributed by atoms with Gasteiger partial charge in [0.1, 0.15) is 11.6 Å². The van der Waals surface area contributed by atoms with Crippen molar-refractivity contribution in [1.82, 2.24) is 4.90 Å². The van der Waals surface area contributed by atoms with Gasteiger partial charge in [0.2, 0.25) is 5.91 Å². The largest absolute Gasteiger partial charge is 0.497 e. The summed E-state index contributed by atoms with van der Waals surface area (Å²) in [5, 5.41) is 2.69. The van der Waals surface area contributed by atoms with Crippen LogP contribution in [0.3, 0.4) is 0 Å².